The summed E-state index contributed by atoms with van der Waals surface area (Å²) in [5, 5.41) is -0.743. The lowest BCUT2D eigenvalue weighted by molar-refractivity contribution is 0.0995. The molecule has 0 unspecified atom stereocenters. The topological polar surface area (TPSA) is 56.0 Å². The van der Waals surface area contributed by atoms with Crippen LogP contribution in [-0.4, -0.2) is 10.9 Å². The first-order chi connectivity index (χ1) is 6.45. The molecule has 7 heteroatoms. The van der Waals surface area contributed by atoms with E-state index in [4.69, 9.17) is 17.3 Å². The quantitative estimate of drug-likeness (QED) is 0.834. The maximum absolute atomic E-state index is 12.8. The van der Waals surface area contributed by atoms with E-state index in [1.807, 2.05) is 0 Å². The van der Waals surface area contributed by atoms with Gasteiger partial charge in [-0.15, -0.1) is 0 Å². The van der Waals surface area contributed by atoms with Crippen LogP contribution in [0.25, 0.3) is 0 Å². The van der Waals surface area contributed by atoms with E-state index in [-0.39, 0.29) is 0 Å². The number of hydrogen-bond donors (Lipinski definition) is 1. The van der Waals surface area contributed by atoms with Gasteiger partial charge in [0.05, 0.1) is 16.8 Å². The second-order valence-electron chi connectivity index (χ2n) is 2.35. The first-order valence-electron chi connectivity index (χ1n) is 3.37. The third-order valence-corrected chi connectivity index (χ3v) is 1.84. The van der Waals surface area contributed by atoms with E-state index in [0.29, 0.717) is 6.20 Å². The molecular weight excluding hydrogens is 221 g/mol. The first kappa shape index (κ1) is 10.8. The first-order valence-corrected chi connectivity index (χ1v) is 3.74. The van der Waals surface area contributed by atoms with Crippen molar-refractivity contribution >= 4 is 17.5 Å². The largest absolute Gasteiger partial charge is 0.364 e. The highest BCUT2D eigenvalue weighted by Gasteiger charge is 2.23. The molecule has 0 saturated carbocycles. The molecule has 1 aromatic heterocycles. The zero-order valence-corrected chi connectivity index (χ0v) is 7.36. The van der Waals surface area contributed by atoms with Crippen molar-refractivity contribution in [3.05, 3.63) is 28.3 Å². The highest BCUT2D eigenvalue weighted by molar-refractivity contribution is 6.34. The van der Waals surface area contributed by atoms with Crippen LogP contribution in [0.5, 0.6) is 0 Å². The van der Waals surface area contributed by atoms with E-state index in [1.54, 1.807) is 0 Å². The molecule has 1 aromatic rings. The number of hydrogen-bond acceptors (Lipinski definition) is 2. The van der Waals surface area contributed by atoms with Gasteiger partial charge in [-0.25, -0.2) is 18.2 Å². The van der Waals surface area contributed by atoms with E-state index in [1.165, 1.54) is 0 Å². The Balaban J connectivity index is 3.41. The van der Waals surface area contributed by atoms with Crippen molar-refractivity contribution in [1.82, 2.24) is 4.98 Å². The van der Waals surface area contributed by atoms with Gasteiger partial charge in [-0.3, -0.25) is 4.79 Å². The summed E-state index contributed by atoms with van der Waals surface area (Å²) in [5.41, 5.74) is 3.15. The van der Waals surface area contributed by atoms with Crippen LogP contribution >= 0.6 is 11.6 Å². The van der Waals surface area contributed by atoms with Crippen molar-refractivity contribution in [2.75, 3.05) is 0 Å². The molecule has 0 aliphatic heterocycles. The molecular formula is C7H4ClF3N2O. The van der Waals surface area contributed by atoms with Crippen LogP contribution in [0, 0.1) is 5.82 Å². The normalized spacial score (nSPS) is 10.6. The Kier molecular flexibility index (Phi) is 2.95. The minimum Gasteiger partial charge on any atom is -0.364 e. The smallest absolute Gasteiger partial charge is 0.268 e. The highest BCUT2D eigenvalue weighted by Crippen LogP contribution is 2.30. The van der Waals surface area contributed by atoms with E-state index >= 15 is 0 Å². The minimum atomic E-state index is -3.12. The standard InChI is InChI=1S/C7H4ClF3N2O/c8-4-3(6(10)11)2(9)1-13-5(4)7(12)14/h1,6H,(H2,12,14). The predicted octanol–water partition coefficient (Wildman–Crippen LogP) is 1.91. The molecule has 0 fully saturated rings. The van der Waals surface area contributed by atoms with Crippen LogP contribution in [0.15, 0.2) is 6.20 Å². The van der Waals surface area contributed by atoms with Crippen LogP contribution in [0.4, 0.5) is 13.2 Å². The van der Waals surface area contributed by atoms with Gasteiger partial charge in [-0.2, -0.15) is 0 Å². The molecule has 1 amide bonds. The summed E-state index contributed by atoms with van der Waals surface area (Å²) >= 11 is 5.32. The molecule has 2 N–H and O–H groups in total. The minimum absolute atomic E-state index is 0.480. The van der Waals surface area contributed by atoms with E-state index < -0.39 is 34.4 Å². The van der Waals surface area contributed by atoms with Gasteiger partial charge in [0.2, 0.25) is 0 Å². The molecule has 0 atom stereocenters. The molecule has 0 saturated heterocycles. The highest BCUT2D eigenvalue weighted by atomic mass is 35.5. The molecule has 0 spiro atoms. The summed E-state index contributed by atoms with van der Waals surface area (Å²) in [4.78, 5) is 13.8. The Bertz CT molecular complexity index is 383. The van der Waals surface area contributed by atoms with Crippen LogP contribution in [0.1, 0.15) is 22.5 Å². The van der Waals surface area contributed by atoms with Crippen LogP contribution in [0.2, 0.25) is 5.02 Å². The second kappa shape index (κ2) is 3.83. The number of nitrogens with zero attached hydrogens (tertiary/aromatic N) is 1. The van der Waals surface area contributed by atoms with Gasteiger partial charge in [0.15, 0.2) is 5.82 Å². The number of aromatic nitrogens is 1. The molecule has 0 aliphatic rings. The number of amides is 1. The third-order valence-electron chi connectivity index (χ3n) is 1.46. The van der Waals surface area contributed by atoms with Gasteiger partial charge >= 0.3 is 0 Å². The maximum atomic E-state index is 12.8. The van der Waals surface area contributed by atoms with E-state index in [0.717, 1.165) is 0 Å². The summed E-state index contributed by atoms with van der Waals surface area (Å²) in [6.07, 6.45) is -2.64. The van der Waals surface area contributed by atoms with Crippen LogP contribution in [0.3, 0.4) is 0 Å². The lowest BCUT2D eigenvalue weighted by atomic mass is 10.2. The number of halogens is 4. The molecule has 0 aliphatic carbocycles. The van der Waals surface area contributed by atoms with Gasteiger partial charge in [0.1, 0.15) is 5.69 Å². The van der Waals surface area contributed by atoms with Crippen LogP contribution in [-0.2, 0) is 0 Å². The number of primary amides is 1. The number of carbonyl (C=O) groups is 1. The molecule has 0 bridgehead atoms. The van der Waals surface area contributed by atoms with Gasteiger partial charge in [-0.05, 0) is 0 Å². The number of rotatable bonds is 2. The zero-order chi connectivity index (χ0) is 10.9. The number of nitrogens with two attached hydrogens (primary N) is 1. The number of carbonyl (C=O) groups excluding carboxylic acids is 1. The Morgan fingerprint density at radius 2 is 2.14 bits per heavy atom. The number of alkyl halides is 2. The van der Waals surface area contributed by atoms with Gasteiger partial charge in [-0.1, -0.05) is 11.6 Å². The summed E-state index contributed by atoms with van der Waals surface area (Å²) in [7, 11) is 0. The fourth-order valence-corrected chi connectivity index (χ4v) is 1.17. The summed E-state index contributed by atoms with van der Waals surface area (Å²) in [6, 6.07) is 0. The third kappa shape index (κ3) is 1.79. The van der Waals surface area contributed by atoms with Crippen molar-refractivity contribution < 1.29 is 18.0 Å². The number of pyridine rings is 1. The molecule has 1 rings (SSSR count). The molecule has 3 nitrogen and oxygen atoms in total. The Labute approximate surface area is 81.7 Å². The lowest BCUT2D eigenvalue weighted by Gasteiger charge is -2.06. The van der Waals surface area contributed by atoms with Crippen molar-refractivity contribution in [2.24, 2.45) is 5.73 Å². The summed E-state index contributed by atoms with van der Waals surface area (Å²) < 4.78 is 37.2. The van der Waals surface area contributed by atoms with Gasteiger partial charge in [0.25, 0.3) is 12.3 Å². The van der Waals surface area contributed by atoms with Gasteiger partial charge < -0.3 is 5.73 Å². The lowest BCUT2D eigenvalue weighted by Crippen LogP contribution is -2.15. The average molecular weight is 225 g/mol. The van der Waals surface area contributed by atoms with Crippen molar-refractivity contribution in [3.8, 4) is 0 Å². The van der Waals surface area contributed by atoms with Crippen molar-refractivity contribution in [2.45, 2.75) is 6.43 Å². The monoisotopic (exact) mass is 224 g/mol. The van der Waals surface area contributed by atoms with E-state index in [2.05, 4.69) is 4.98 Å². The summed E-state index contributed by atoms with van der Waals surface area (Å²) in [5.74, 6) is -2.35. The molecule has 0 radical (unpaired) electrons. The fourth-order valence-electron chi connectivity index (χ4n) is 0.852. The average Bonchev–Trinajstić information content (AvgIpc) is 2.02. The molecule has 14 heavy (non-hydrogen) atoms. The molecule has 1 heterocycles. The van der Waals surface area contributed by atoms with Crippen molar-refractivity contribution in [3.63, 3.8) is 0 Å². The zero-order valence-electron chi connectivity index (χ0n) is 6.60. The SMILES string of the molecule is NC(=O)c1ncc(F)c(C(F)F)c1Cl. The van der Waals surface area contributed by atoms with Crippen molar-refractivity contribution in [1.29, 1.82) is 0 Å². The maximum Gasteiger partial charge on any atom is 0.268 e. The molecule has 76 valence electrons. The van der Waals surface area contributed by atoms with E-state index in [9.17, 15) is 18.0 Å². The van der Waals surface area contributed by atoms with Crippen LogP contribution < -0.4 is 5.73 Å². The van der Waals surface area contributed by atoms with Gasteiger partial charge in [0, 0.05) is 0 Å². The summed E-state index contributed by atoms with van der Waals surface area (Å²) in [6.45, 7) is 0. The Hall–Kier alpha value is -1.30. The molecule has 0 aromatic carbocycles. The predicted molar refractivity (Wildman–Crippen MR) is 42.7 cm³/mol. The Morgan fingerprint density at radius 1 is 1.57 bits per heavy atom. The fraction of sp³-hybridized carbons (Fsp3) is 0.143. The second-order valence-corrected chi connectivity index (χ2v) is 2.73. The Morgan fingerprint density at radius 3 is 2.57 bits per heavy atom.